The molecule has 0 unspecified atom stereocenters. The fourth-order valence-electron chi connectivity index (χ4n) is 2.99. The number of aromatic hydroxyl groups is 1. The molecule has 2 aromatic rings. The first-order chi connectivity index (χ1) is 11.1. The van der Waals surface area contributed by atoms with E-state index in [2.05, 4.69) is 5.10 Å². The monoisotopic (exact) mass is 308 g/mol. The lowest BCUT2D eigenvalue weighted by Crippen LogP contribution is -2.26. The molecule has 1 aliphatic heterocycles. The predicted molar refractivity (Wildman–Crippen MR) is 90.3 cm³/mol. The highest BCUT2D eigenvalue weighted by molar-refractivity contribution is 6.05. The lowest BCUT2D eigenvalue weighted by molar-refractivity contribution is -0.132. The average Bonchev–Trinajstić information content (AvgIpc) is 3.00. The van der Waals surface area contributed by atoms with Crippen molar-refractivity contribution in [3.05, 3.63) is 65.2 Å². The Balaban J connectivity index is 2.02. The molecule has 1 aliphatic rings. The number of carbonyl (C=O) groups is 1. The summed E-state index contributed by atoms with van der Waals surface area (Å²) in [6.07, 6.45) is 1.01. The van der Waals surface area contributed by atoms with Gasteiger partial charge in [0.2, 0.25) is 5.91 Å². The summed E-state index contributed by atoms with van der Waals surface area (Å²) in [6, 6.07) is 15.1. The summed E-state index contributed by atoms with van der Waals surface area (Å²) in [7, 11) is 0. The van der Waals surface area contributed by atoms with Crippen LogP contribution in [0.2, 0.25) is 0 Å². The zero-order valence-corrected chi connectivity index (χ0v) is 13.4. The van der Waals surface area contributed by atoms with Crippen LogP contribution in [0.3, 0.4) is 0 Å². The lowest BCUT2D eigenvalue weighted by atomic mass is 9.95. The normalized spacial score (nSPS) is 17.2. The number of carbonyl (C=O) groups excluding carboxylic acids is 1. The summed E-state index contributed by atoms with van der Waals surface area (Å²) < 4.78 is 0. The zero-order chi connectivity index (χ0) is 16.4. The molecule has 1 N–H and O–H groups in total. The van der Waals surface area contributed by atoms with Gasteiger partial charge in [-0.05, 0) is 30.2 Å². The number of benzene rings is 2. The van der Waals surface area contributed by atoms with E-state index in [0.29, 0.717) is 18.4 Å². The largest absolute Gasteiger partial charge is 0.507 e. The van der Waals surface area contributed by atoms with Crippen LogP contribution in [0.4, 0.5) is 0 Å². The van der Waals surface area contributed by atoms with Crippen LogP contribution in [0.1, 0.15) is 42.5 Å². The Labute approximate surface area is 136 Å². The standard InChI is InChI=1S/C19H20N2O2/c1-3-19(23)21-17(14-9-5-4-8-13(14)2)12-16(20-21)15-10-6-7-11-18(15)22/h4-11,17,22H,3,12H2,1-2H3/t17-/m1/s1. The minimum absolute atomic E-state index is 0.0105. The molecule has 0 aliphatic carbocycles. The first-order valence-corrected chi connectivity index (χ1v) is 7.85. The van der Waals surface area contributed by atoms with E-state index in [1.165, 1.54) is 0 Å². The Bertz CT molecular complexity index is 767. The number of aryl methyl sites for hydroxylation is 1. The number of para-hydroxylation sites is 1. The number of hydrogen-bond donors (Lipinski definition) is 1. The number of hydrogen-bond acceptors (Lipinski definition) is 3. The van der Waals surface area contributed by atoms with Crippen molar-refractivity contribution in [3.63, 3.8) is 0 Å². The third kappa shape index (κ3) is 2.84. The van der Waals surface area contributed by atoms with Crippen LogP contribution in [0.5, 0.6) is 5.75 Å². The van der Waals surface area contributed by atoms with Gasteiger partial charge in [-0.2, -0.15) is 5.10 Å². The minimum Gasteiger partial charge on any atom is -0.507 e. The predicted octanol–water partition coefficient (Wildman–Crippen LogP) is 3.79. The van der Waals surface area contributed by atoms with Gasteiger partial charge in [0.05, 0.1) is 11.8 Å². The molecule has 1 atom stereocenters. The molecule has 0 aromatic heterocycles. The smallest absolute Gasteiger partial charge is 0.242 e. The molecule has 0 radical (unpaired) electrons. The third-order valence-corrected chi connectivity index (χ3v) is 4.23. The van der Waals surface area contributed by atoms with E-state index < -0.39 is 0 Å². The zero-order valence-electron chi connectivity index (χ0n) is 13.4. The highest BCUT2D eigenvalue weighted by Crippen LogP contribution is 2.36. The second-order valence-electron chi connectivity index (χ2n) is 5.73. The van der Waals surface area contributed by atoms with E-state index >= 15 is 0 Å². The van der Waals surface area contributed by atoms with Crippen LogP contribution >= 0.6 is 0 Å². The molecule has 1 amide bonds. The molecule has 0 bridgehead atoms. The maximum absolute atomic E-state index is 12.3. The maximum atomic E-state index is 12.3. The fourth-order valence-corrected chi connectivity index (χ4v) is 2.99. The Morgan fingerprint density at radius 1 is 1.22 bits per heavy atom. The van der Waals surface area contributed by atoms with E-state index in [0.717, 1.165) is 16.8 Å². The second-order valence-corrected chi connectivity index (χ2v) is 5.73. The number of phenolic OH excluding ortho intramolecular Hbond substituents is 1. The van der Waals surface area contributed by atoms with Gasteiger partial charge in [0.15, 0.2) is 0 Å². The van der Waals surface area contributed by atoms with Gasteiger partial charge in [-0.25, -0.2) is 5.01 Å². The van der Waals surface area contributed by atoms with Crippen LogP contribution in [0.25, 0.3) is 0 Å². The SMILES string of the molecule is CCC(=O)N1N=C(c2ccccc2O)C[C@@H]1c1ccccc1C. The van der Waals surface area contributed by atoms with Crippen LogP contribution in [0, 0.1) is 6.92 Å². The Morgan fingerprint density at radius 2 is 1.91 bits per heavy atom. The maximum Gasteiger partial charge on any atom is 0.242 e. The van der Waals surface area contributed by atoms with E-state index in [4.69, 9.17) is 0 Å². The van der Waals surface area contributed by atoms with Crippen molar-refractivity contribution >= 4 is 11.6 Å². The number of amides is 1. The summed E-state index contributed by atoms with van der Waals surface area (Å²) in [5.74, 6) is 0.184. The summed E-state index contributed by atoms with van der Waals surface area (Å²) in [4.78, 5) is 12.3. The molecule has 3 rings (SSSR count). The van der Waals surface area contributed by atoms with E-state index in [1.807, 2.05) is 50.2 Å². The average molecular weight is 308 g/mol. The highest BCUT2D eigenvalue weighted by atomic mass is 16.3. The van der Waals surface area contributed by atoms with E-state index in [-0.39, 0.29) is 17.7 Å². The van der Waals surface area contributed by atoms with Crippen molar-refractivity contribution in [1.29, 1.82) is 0 Å². The van der Waals surface area contributed by atoms with Gasteiger partial charge in [-0.1, -0.05) is 43.3 Å². The molecular formula is C19H20N2O2. The van der Waals surface area contributed by atoms with E-state index in [1.54, 1.807) is 17.1 Å². The van der Waals surface area contributed by atoms with Crippen molar-refractivity contribution in [2.75, 3.05) is 0 Å². The molecule has 23 heavy (non-hydrogen) atoms. The van der Waals surface area contributed by atoms with Gasteiger partial charge in [0, 0.05) is 18.4 Å². The number of rotatable bonds is 3. The number of hydrazone groups is 1. The van der Waals surface area contributed by atoms with Gasteiger partial charge in [-0.3, -0.25) is 4.79 Å². The molecule has 0 saturated carbocycles. The van der Waals surface area contributed by atoms with Gasteiger partial charge < -0.3 is 5.11 Å². The van der Waals surface area contributed by atoms with Crippen molar-refractivity contribution < 1.29 is 9.90 Å². The summed E-state index contributed by atoms with van der Waals surface area (Å²) in [5.41, 5.74) is 3.68. The van der Waals surface area contributed by atoms with Crippen LogP contribution in [-0.4, -0.2) is 21.7 Å². The molecular weight excluding hydrogens is 288 g/mol. The molecule has 4 heteroatoms. The van der Waals surface area contributed by atoms with Gasteiger partial charge in [0.25, 0.3) is 0 Å². The molecule has 4 nitrogen and oxygen atoms in total. The topological polar surface area (TPSA) is 52.9 Å². The highest BCUT2D eigenvalue weighted by Gasteiger charge is 2.33. The first kappa shape index (κ1) is 15.3. The summed E-state index contributed by atoms with van der Waals surface area (Å²) in [6.45, 7) is 3.88. The van der Waals surface area contributed by atoms with Crippen molar-refractivity contribution in [2.45, 2.75) is 32.7 Å². The fraction of sp³-hybridized carbons (Fsp3) is 0.263. The molecule has 118 valence electrons. The Kier molecular flexibility index (Phi) is 4.15. The molecule has 2 aromatic carbocycles. The Hall–Kier alpha value is -2.62. The lowest BCUT2D eigenvalue weighted by Gasteiger charge is -2.23. The number of phenols is 1. The minimum atomic E-state index is -0.113. The van der Waals surface area contributed by atoms with Crippen molar-refractivity contribution in [2.24, 2.45) is 5.10 Å². The number of nitrogens with zero attached hydrogens (tertiary/aromatic N) is 2. The van der Waals surface area contributed by atoms with Crippen molar-refractivity contribution in [3.8, 4) is 5.75 Å². The first-order valence-electron chi connectivity index (χ1n) is 7.85. The summed E-state index contributed by atoms with van der Waals surface area (Å²) >= 11 is 0. The van der Waals surface area contributed by atoms with Gasteiger partial charge in [0.1, 0.15) is 5.75 Å². The molecule has 0 saturated heterocycles. The summed E-state index contributed by atoms with van der Waals surface area (Å²) in [5, 5.41) is 16.2. The quantitative estimate of drug-likeness (QED) is 0.938. The van der Waals surface area contributed by atoms with E-state index in [9.17, 15) is 9.90 Å². The van der Waals surface area contributed by atoms with Crippen molar-refractivity contribution in [1.82, 2.24) is 5.01 Å². The van der Waals surface area contributed by atoms with Crippen LogP contribution < -0.4 is 0 Å². The van der Waals surface area contributed by atoms with Crippen LogP contribution in [-0.2, 0) is 4.79 Å². The second kappa shape index (κ2) is 6.24. The molecule has 1 heterocycles. The molecule has 0 fully saturated rings. The molecule has 0 spiro atoms. The van der Waals surface area contributed by atoms with Gasteiger partial charge in [-0.15, -0.1) is 0 Å². The third-order valence-electron chi connectivity index (χ3n) is 4.23. The van der Waals surface area contributed by atoms with Crippen LogP contribution in [0.15, 0.2) is 53.6 Å². The Morgan fingerprint density at radius 3 is 2.61 bits per heavy atom. The van der Waals surface area contributed by atoms with Gasteiger partial charge >= 0.3 is 0 Å².